The maximum absolute atomic E-state index is 14.4. The summed E-state index contributed by atoms with van der Waals surface area (Å²) >= 11 is 0. The fraction of sp³-hybridized carbons (Fsp3) is 0.429. The van der Waals surface area contributed by atoms with Crippen molar-refractivity contribution in [2.24, 2.45) is 23.2 Å². The molecule has 8 nitrogen and oxygen atoms in total. The highest BCUT2D eigenvalue weighted by Crippen LogP contribution is 2.65. The van der Waals surface area contributed by atoms with E-state index in [2.05, 4.69) is 12.2 Å². The van der Waals surface area contributed by atoms with Gasteiger partial charge in [-0.2, -0.15) is 0 Å². The van der Waals surface area contributed by atoms with Gasteiger partial charge < -0.3 is 28.4 Å². The van der Waals surface area contributed by atoms with E-state index >= 15 is 0 Å². The zero-order valence-corrected chi connectivity index (χ0v) is 20.7. The SMILES string of the molecule is COC(=O)[C@@H]1[C@H](c2cc(OC)c(OC)c(OC)c2)c2cc3c(cc2C(=O)[C@]12C[C@H]1C=C[C@@H]2C1)OCO3. The zero-order valence-electron chi connectivity index (χ0n) is 20.7. The molecule has 1 heterocycles. The molecule has 2 aromatic rings. The molecule has 0 aromatic heterocycles. The number of carbonyl (C=O) groups is 2. The molecule has 5 atom stereocenters. The van der Waals surface area contributed by atoms with E-state index in [-0.39, 0.29) is 24.4 Å². The lowest BCUT2D eigenvalue weighted by Gasteiger charge is -2.47. The molecule has 4 aliphatic rings. The van der Waals surface area contributed by atoms with Gasteiger partial charge >= 0.3 is 5.97 Å². The van der Waals surface area contributed by atoms with E-state index in [0.717, 1.165) is 12.0 Å². The van der Waals surface area contributed by atoms with Crippen molar-refractivity contribution in [2.45, 2.75) is 18.8 Å². The van der Waals surface area contributed by atoms with Crippen molar-refractivity contribution in [1.82, 2.24) is 0 Å². The van der Waals surface area contributed by atoms with Gasteiger partial charge in [-0.15, -0.1) is 0 Å². The molecule has 6 rings (SSSR count). The molecule has 1 spiro atoms. The minimum atomic E-state index is -0.918. The molecule has 2 bridgehead atoms. The molecular weight excluding hydrogens is 464 g/mol. The number of fused-ring (bicyclic) bond motifs is 5. The van der Waals surface area contributed by atoms with Gasteiger partial charge in [-0.25, -0.2) is 0 Å². The van der Waals surface area contributed by atoms with Crippen molar-refractivity contribution in [1.29, 1.82) is 0 Å². The van der Waals surface area contributed by atoms with Gasteiger partial charge in [0.05, 0.1) is 39.8 Å². The topological polar surface area (TPSA) is 89.5 Å². The highest BCUT2D eigenvalue weighted by atomic mass is 16.7. The Bertz CT molecular complexity index is 1270. The van der Waals surface area contributed by atoms with Crippen molar-refractivity contribution in [3.8, 4) is 28.7 Å². The molecule has 1 saturated carbocycles. The normalized spacial score (nSPS) is 28.8. The van der Waals surface area contributed by atoms with Gasteiger partial charge in [0.1, 0.15) is 0 Å². The summed E-state index contributed by atoms with van der Waals surface area (Å²) in [5.41, 5.74) is 1.10. The standard InChI is InChI=1S/C28H28O8/c1-31-21-8-15(9-22(32-2)25(21)33-3)23-17-10-19-20(36-13-35-19)11-18(17)26(29)28(24(23)27(30)34-4)12-14-5-6-16(28)7-14/h5-6,8-11,14,16,23-24H,7,12-13H2,1-4H3/t14-,16+,23+,24-,28-/m0/s1. The quantitative estimate of drug-likeness (QED) is 0.455. The Morgan fingerprint density at radius 2 is 1.64 bits per heavy atom. The van der Waals surface area contributed by atoms with E-state index in [1.807, 2.05) is 18.2 Å². The first-order valence-corrected chi connectivity index (χ1v) is 12.0. The van der Waals surface area contributed by atoms with Crippen molar-refractivity contribution in [2.75, 3.05) is 35.2 Å². The molecule has 36 heavy (non-hydrogen) atoms. The number of benzene rings is 2. The minimum absolute atomic E-state index is 0.0354. The molecule has 3 aliphatic carbocycles. The summed E-state index contributed by atoms with van der Waals surface area (Å²) in [6.45, 7) is 0.0836. The smallest absolute Gasteiger partial charge is 0.310 e. The minimum Gasteiger partial charge on any atom is -0.493 e. The van der Waals surface area contributed by atoms with Crippen LogP contribution in [-0.4, -0.2) is 47.0 Å². The Hall–Kier alpha value is -3.68. The van der Waals surface area contributed by atoms with E-state index in [1.165, 1.54) is 7.11 Å². The van der Waals surface area contributed by atoms with Crippen LogP contribution in [0.15, 0.2) is 36.4 Å². The molecule has 2 aromatic carbocycles. The average Bonchev–Trinajstić information content (AvgIpc) is 3.65. The Kier molecular flexibility index (Phi) is 5.17. The van der Waals surface area contributed by atoms with Gasteiger partial charge in [0, 0.05) is 11.5 Å². The van der Waals surface area contributed by atoms with Gasteiger partial charge in [-0.1, -0.05) is 12.2 Å². The van der Waals surface area contributed by atoms with Gasteiger partial charge in [0.2, 0.25) is 12.5 Å². The maximum atomic E-state index is 14.4. The summed E-state index contributed by atoms with van der Waals surface area (Å²) in [5.74, 6) is 0.971. The number of hydrogen-bond donors (Lipinski definition) is 0. The summed E-state index contributed by atoms with van der Waals surface area (Å²) in [6, 6.07) is 7.30. The van der Waals surface area contributed by atoms with Gasteiger partial charge in [-0.3, -0.25) is 9.59 Å². The lowest BCUT2D eigenvalue weighted by Crippen LogP contribution is -2.52. The third kappa shape index (κ3) is 2.93. The third-order valence-corrected chi connectivity index (χ3v) is 8.37. The van der Waals surface area contributed by atoms with Crippen molar-refractivity contribution < 1.29 is 38.0 Å². The van der Waals surface area contributed by atoms with E-state index in [4.69, 9.17) is 28.4 Å². The van der Waals surface area contributed by atoms with Crippen molar-refractivity contribution in [3.05, 3.63) is 53.1 Å². The summed E-state index contributed by atoms with van der Waals surface area (Å²) < 4.78 is 33.5. The van der Waals surface area contributed by atoms with Crippen LogP contribution in [0.3, 0.4) is 0 Å². The second-order valence-corrected chi connectivity index (χ2v) is 9.79. The Morgan fingerprint density at radius 3 is 2.19 bits per heavy atom. The Morgan fingerprint density at radius 1 is 0.944 bits per heavy atom. The molecule has 188 valence electrons. The molecule has 8 heteroatoms. The van der Waals surface area contributed by atoms with Crippen LogP contribution in [0.5, 0.6) is 28.7 Å². The zero-order chi connectivity index (χ0) is 25.2. The van der Waals surface area contributed by atoms with E-state index < -0.39 is 23.2 Å². The fourth-order valence-corrected chi connectivity index (χ4v) is 6.92. The number of esters is 1. The first kappa shape index (κ1) is 22.8. The molecule has 0 N–H and O–H groups in total. The monoisotopic (exact) mass is 492 g/mol. The highest BCUT2D eigenvalue weighted by Gasteiger charge is 2.65. The number of allylic oxidation sites excluding steroid dienone is 2. The number of hydrogen-bond acceptors (Lipinski definition) is 8. The fourth-order valence-electron chi connectivity index (χ4n) is 6.92. The predicted octanol–water partition coefficient (Wildman–Crippen LogP) is 4.14. The number of rotatable bonds is 5. The molecular formula is C28H28O8. The largest absolute Gasteiger partial charge is 0.493 e. The summed E-state index contributed by atoms with van der Waals surface area (Å²) in [5, 5.41) is 0. The lowest BCUT2D eigenvalue weighted by atomic mass is 9.53. The molecule has 0 unspecified atom stereocenters. The van der Waals surface area contributed by atoms with Crippen LogP contribution < -0.4 is 23.7 Å². The predicted molar refractivity (Wildman–Crippen MR) is 128 cm³/mol. The van der Waals surface area contributed by atoms with Crippen LogP contribution in [0.1, 0.15) is 40.2 Å². The Labute approximate surface area is 209 Å². The molecule has 1 aliphatic heterocycles. The van der Waals surface area contributed by atoms with Crippen LogP contribution in [0.4, 0.5) is 0 Å². The molecule has 0 saturated heterocycles. The average molecular weight is 493 g/mol. The van der Waals surface area contributed by atoms with Crippen LogP contribution >= 0.6 is 0 Å². The Balaban J connectivity index is 1.66. The number of ether oxygens (including phenoxy) is 6. The summed E-state index contributed by atoms with van der Waals surface area (Å²) in [6.07, 6.45) is 5.72. The molecule has 0 amide bonds. The van der Waals surface area contributed by atoms with Gasteiger partial charge in [-0.05, 0) is 60.1 Å². The maximum Gasteiger partial charge on any atom is 0.310 e. The van der Waals surface area contributed by atoms with Gasteiger partial charge in [0.25, 0.3) is 0 Å². The third-order valence-electron chi connectivity index (χ3n) is 8.37. The summed E-state index contributed by atoms with van der Waals surface area (Å²) in [4.78, 5) is 28.0. The second-order valence-electron chi connectivity index (χ2n) is 9.79. The van der Waals surface area contributed by atoms with Crippen LogP contribution in [-0.2, 0) is 9.53 Å². The van der Waals surface area contributed by atoms with Gasteiger partial charge in [0.15, 0.2) is 28.8 Å². The van der Waals surface area contributed by atoms with E-state index in [9.17, 15) is 9.59 Å². The van der Waals surface area contributed by atoms with Crippen LogP contribution in [0.2, 0.25) is 0 Å². The highest BCUT2D eigenvalue weighted by molar-refractivity contribution is 6.08. The first-order chi connectivity index (χ1) is 17.5. The number of carbonyl (C=O) groups excluding carboxylic acids is 2. The van der Waals surface area contributed by atoms with Crippen LogP contribution in [0.25, 0.3) is 0 Å². The molecule has 1 fully saturated rings. The second kappa shape index (κ2) is 8.18. The number of methoxy groups -OCH3 is 4. The number of Topliss-reactive ketones (excluding diaryl/α,β-unsaturated/α-hetero) is 1. The number of ketones is 1. The van der Waals surface area contributed by atoms with Crippen LogP contribution in [0, 0.1) is 23.2 Å². The van der Waals surface area contributed by atoms with E-state index in [1.54, 1.807) is 27.4 Å². The first-order valence-electron chi connectivity index (χ1n) is 12.0. The van der Waals surface area contributed by atoms with Crippen molar-refractivity contribution in [3.63, 3.8) is 0 Å². The van der Waals surface area contributed by atoms with E-state index in [0.29, 0.717) is 46.3 Å². The lowest BCUT2D eigenvalue weighted by molar-refractivity contribution is -0.151. The molecule has 0 radical (unpaired) electrons. The van der Waals surface area contributed by atoms with Crippen molar-refractivity contribution >= 4 is 11.8 Å². The summed E-state index contributed by atoms with van der Waals surface area (Å²) in [7, 11) is 6.03.